The van der Waals surface area contributed by atoms with Crippen LogP contribution in [0.3, 0.4) is 0 Å². The van der Waals surface area contributed by atoms with Gasteiger partial charge in [0.15, 0.2) is 0 Å². The predicted molar refractivity (Wildman–Crippen MR) is 265 cm³/mol. The SMILES string of the molecule is CN(CCCCOc1ccc(CCC(=O)N(CCC(F)(F)F)C(C(=O)NCc2ccc(Cl)cc2)c2ccc(F)cc2)cc1)CCOCCOCC/C(C=NCCOCCOc1ccc(NC=O)cc1)=N/N. The van der Waals surface area contributed by atoms with Gasteiger partial charge in [-0.05, 0) is 110 Å². The molecule has 0 heterocycles. The van der Waals surface area contributed by atoms with Gasteiger partial charge < -0.3 is 50.0 Å². The zero-order chi connectivity index (χ0) is 51.1. The molecular formula is C51H64ClF4N7O8. The summed E-state index contributed by atoms with van der Waals surface area (Å²) in [5.41, 5.74) is 2.91. The summed E-state index contributed by atoms with van der Waals surface area (Å²) < 4.78 is 82.9. The van der Waals surface area contributed by atoms with E-state index in [2.05, 4.69) is 25.6 Å². The molecule has 0 bridgehead atoms. The highest BCUT2D eigenvalue weighted by Gasteiger charge is 2.35. The van der Waals surface area contributed by atoms with Gasteiger partial charge in [-0.15, -0.1) is 0 Å². The van der Waals surface area contributed by atoms with E-state index in [-0.39, 0.29) is 24.9 Å². The molecule has 0 saturated heterocycles. The number of aryl methyl sites for hydroxylation is 1. The Morgan fingerprint density at radius 3 is 2.06 bits per heavy atom. The van der Waals surface area contributed by atoms with Crippen molar-refractivity contribution in [3.8, 4) is 11.5 Å². The van der Waals surface area contributed by atoms with Gasteiger partial charge in [-0.3, -0.25) is 19.4 Å². The second kappa shape index (κ2) is 32.7. The monoisotopic (exact) mass is 1010 g/mol. The maximum Gasteiger partial charge on any atom is 0.390 e. The van der Waals surface area contributed by atoms with Crippen molar-refractivity contribution in [3.63, 3.8) is 0 Å². The fourth-order valence-electron chi connectivity index (χ4n) is 6.79. The van der Waals surface area contributed by atoms with Crippen LogP contribution in [0.4, 0.5) is 23.2 Å². The number of unbranched alkanes of at least 4 members (excludes halogenated alkanes) is 1. The molecule has 386 valence electrons. The van der Waals surface area contributed by atoms with E-state index in [0.717, 1.165) is 48.5 Å². The third-order valence-electron chi connectivity index (χ3n) is 10.7. The minimum absolute atomic E-state index is 0.0312. The van der Waals surface area contributed by atoms with Crippen molar-refractivity contribution in [3.05, 3.63) is 125 Å². The molecule has 0 aliphatic heterocycles. The standard InChI is InChI=1S/C51H64ClF4N7O8/c1-62(27-31-69-33-32-67-29-22-45(61-57)37-58-24-30-68-34-35-71-47-19-15-44(16-20-47)60-38-64)25-2-3-28-70-46-17-6-39(7-18-46)8-21-48(65)63(26-23-51(54,55)56)49(41-9-13-43(53)14-10-41)50(66)59-36-40-4-11-42(52)12-5-40/h4-7,9-20,37-38,49H,2-3,8,21-36,57H2,1H3,(H,59,66)(H,60,64)/b58-37?,61-45-. The Hall–Kier alpha value is -6.12. The first-order valence-corrected chi connectivity index (χ1v) is 23.7. The Balaban J connectivity index is 1.06. The van der Waals surface area contributed by atoms with Gasteiger partial charge >= 0.3 is 6.18 Å². The molecule has 0 saturated carbocycles. The molecule has 3 amide bonds. The molecule has 4 rings (SSSR count). The fraction of sp³-hybridized carbons (Fsp3) is 0.431. The molecule has 20 heteroatoms. The number of anilines is 1. The number of carbonyl (C=O) groups is 3. The highest BCUT2D eigenvalue weighted by molar-refractivity contribution is 6.30. The quantitative estimate of drug-likeness (QED) is 0.0103. The van der Waals surface area contributed by atoms with E-state index in [0.29, 0.717) is 106 Å². The van der Waals surface area contributed by atoms with E-state index in [1.165, 1.54) is 12.1 Å². The van der Waals surface area contributed by atoms with Crippen LogP contribution in [0.25, 0.3) is 0 Å². The largest absolute Gasteiger partial charge is 0.494 e. The molecule has 1 unspecified atom stereocenters. The van der Waals surface area contributed by atoms with Gasteiger partial charge in [-0.25, -0.2) is 4.39 Å². The van der Waals surface area contributed by atoms with Crippen LogP contribution in [0.2, 0.25) is 5.02 Å². The Kier molecular flexibility index (Phi) is 26.5. The van der Waals surface area contributed by atoms with Crippen LogP contribution in [0, 0.1) is 5.82 Å². The van der Waals surface area contributed by atoms with Gasteiger partial charge in [0.2, 0.25) is 18.2 Å². The summed E-state index contributed by atoms with van der Waals surface area (Å²) in [7, 11) is 2.02. The van der Waals surface area contributed by atoms with Gasteiger partial charge in [0.1, 0.15) is 30.0 Å². The number of halogens is 5. The zero-order valence-electron chi connectivity index (χ0n) is 39.9. The fourth-order valence-corrected chi connectivity index (χ4v) is 6.91. The molecule has 4 aromatic carbocycles. The van der Waals surface area contributed by atoms with Crippen LogP contribution in [-0.4, -0.2) is 132 Å². The van der Waals surface area contributed by atoms with E-state index in [1.807, 2.05) is 7.05 Å². The number of amides is 3. The number of aliphatic imine (C=N–C) groups is 1. The first-order chi connectivity index (χ1) is 34.3. The van der Waals surface area contributed by atoms with Gasteiger partial charge in [0.05, 0.1) is 64.9 Å². The van der Waals surface area contributed by atoms with Gasteiger partial charge in [-0.2, -0.15) is 18.3 Å². The number of benzene rings is 4. The maximum atomic E-state index is 13.9. The van der Waals surface area contributed by atoms with E-state index >= 15 is 0 Å². The maximum absolute atomic E-state index is 13.9. The number of likely N-dealkylation sites (N-methyl/N-ethyl adjacent to an activating group) is 1. The van der Waals surface area contributed by atoms with Crippen LogP contribution in [0.1, 0.15) is 54.8 Å². The lowest BCUT2D eigenvalue weighted by molar-refractivity contribution is -0.152. The normalized spacial score (nSPS) is 12.2. The number of hydrogen-bond acceptors (Lipinski definition) is 12. The van der Waals surface area contributed by atoms with E-state index in [9.17, 15) is 31.9 Å². The third-order valence-corrected chi connectivity index (χ3v) is 10.9. The molecule has 0 spiro atoms. The van der Waals surface area contributed by atoms with Crippen molar-refractivity contribution in [2.24, 2.45) is 15.9 Å². The molecule has 1 atom stereocenters. The Morgan fingerprint density at radius 1 is 0.746 bits per heavy atom. The molecule has 0 aromatic heterocycles. The molecular weight excluding hydrogens is 950 g/mol. The average Bonchev–Trinajstić information content (AvgIpc) is 3.36. The van der Waals surface area contributed by atoms with Crippen LogP contribution in [-0.2, 0) is 41.6 Å². The first kappa shape index (κ1) is 57.5. The van der Waals surface area contributed by atoms with Crippen molar-refractivity contribution in [1.82, 2.24) is 15.1 Å². The summed E-state index contributed by atoms with van der Waals surface area (Å²) in [5, 5.41) is 9.54. The number of ether oxygens (including phenoxy) is 5. The smallest absolute Gasteiger partial charge is 0.390 e. The molecule has 0 fully saturated rings. The molecule has 0 aliphatic carbocycles. The van der Waals surface area contributed by atoms with E-state index in [4.69, 9.17) is 41.1 Å². The van der Waals surface area contributed by atoms with Crippen LogP contribution < -0.4 is 25.9 Å². The second-order valence-corrected chi connectivity index (χ2v) is 16.6. The number of hydrazone groups is 1. The molecule has 4 N–H and O–H groups in total. The molecule has 15 nitrogen and oxygen atoms in total. The zero-order valence-corrected chi connectivity index (χ0v) is 40.7. The van der Waals surface area contributed by atoms with Crippen LogP contribution in [0.5, 0.6) is 11.5 Å². The number of carbonyl (C=O) groups excluding carboxylic acids is 3. The number of hydrogen-bond donors (Lipinski definition) is 3. The topological polar surface area (TPSA) is 179 Å². The minimum Gasteiger partial charge on any atom is -0.494 e. The summed E-state index contributed by atoms with van der Waals surface area (Å²) in [4.78, 5) is 45.3. The lowest BCUT2D eigenvalue weighted by Crippen LogP contribution is -2.45. The number of nitrogens with two attached hydrogens (primary N) is 1. The summed E-state index contributed by atoms with van der Waals surface area (Å²) in [5.74, 6) is 4.85. The number of nitrogens with zero attached hydrogens (tertiary/aromatic N) is 4. The average molecular weight is 1010 g/mol. The van der Waals surface area contributed by atoms with Crippen molar-refractivity contribution < 1.29 is 55.6 Å². The second-order valence-electron chi connectivity index (χ2n) is 16.1. The molecule has 0 radical (unpaired) electrons. The highest BCUT2D eigenvalue weighted by Crippen LogP contribution is 2.28. The summed E-state index contributed by atoms with van der Waals surface area (Å²) in [6, 6.07) is 24.2. The van der Waals surface area contributed by atoms with Crippen LogP contribution in [0.15, 0.2) is 107 Å². The van der Waals surface area contributed by atoms with Gasteiger partial charge in [0.25, 0.3) is 0 Å². The van der Waals surface area contributed by atoms with Gasteiger partial charge in [-0.1, -0.05) is 48.0 Å². The highest BCUT2D eigenvalue weighted by atomic mass is 35.5. The predicted octanol–water partition coefficient (Wildman–Crippen LogP) is 7.81. The van der Waals surface area contributed by atoms with Crippen molar-refractivity contribution in [1.29, 1.82) is 0 Å². The Morgan fingerprint density at radius 2 is 1.38 bits per heavy atom. The van der Waals surface area contributed by atoms with Gasteiger partial charge in [0, 0.05) is 49.4 Å². The Bertz CT molecular complexity index is 2210. The Labute approximate surface area is 417 Å². The van der Waals surface area contributed by atoms with E-state index in [1.54, 1.807) is 79.0 Å². The molecule has 0 aliphatic rings. The first-order valence-electron chi connectivity index (χ1n) is 23.3. The van der Waals surface area contributed by atoms with Crippen molar-refractivity contribution in [2.45, 2.75) is 57.3 Å². The molecule has 71 heavy (non-hydrogen) atoms. The lowest BCUT2D eigenvalue weighted by Gasteiger charge is -2.32. The minimum atomic E-state index is -4.60. The van der Waals surface area contributed by atoms with Crippen molar-refractivity contribution >= 4 is 47.4 Å². The third kappa shape index (κ3) is 24.0. The van der Waals surface area contributed by atoms with Crippen molar-refractivity contribution in [2.75, 3.05) is 91.4 Å². The summed E-state index contributed by atoms with van der Waals surface area (Å²) >= 11 is 5.97. The lowest BCUT2D eigenvalue weighted by atomic mass is 10.0. The summed E-state index contributed by atoms with van der Waals surface area (Å²) in [6.07, 6.45) is -1.44. The number of alkyl halides is 3. The number of nitrogens with one attached hydrogen (secondary N) is 2. The summed E-state index contributed by atoms with van der Waals surface area (Å²) in [6.45, 7) is 4.86. The van der Waals surface area contributed by atoms with Crippen LogP contribution >= 0.6 is 11.6 Å². The number of rotatable bonds is 35. The van der Waals surface area contributed by atoms with E-state index < -0.39 is 42.8 Å². The molecule has 4 aromatic rings.